The summed E-state index contributed by atoms with van der Waals surface area (Å²) in [6.45, 7) is 14.9. The third-order valence-electron chi connectivity index (χ3n) is 8.37. The van der Waals surface area contributed by atoms with E-state index in [4.69, 9.17) is 0 Å². The molecule has 7 atom stereocenters. The molecule has 3 fully saturated rings. The predicted molar refractivity (Wildman–Crippen MR) is 103 cm³/mol. The van der Waals surface area contributed by atoms with Crippen LogP contribution in [0.15, 0.2) is 11.6 Å². The molecule has 0 aromatic rings. The van der Waals surface area contributed by atoms with Crippen LogP contribution in [0, 0.1) is 40.9 Å². The first kappa shape index (κ1) is 17.1. The van der Waals surface area contributed by atoms with Gasteiger partial charge in [0.15, 0.2) is 0 Å². The average molecular weight is 330 g/mol. The summed E-state index contributed by atoms with van der Waals surface area (Å²) in [6, 6.07) is 0.765. The van der Waals surface area contributed by atoms with Crippen LogP contribution in [-0.4, -0.2) is 11.6 Å². The molecule has 24 heavy (non-hydrogen) atoms. The Hall–Kier alpha value is -0.300. The molecule has 1 nitrogen and oxygen atoms in total. The van der Waals surface area contributed by atoms with Gasteiger partial charge in [0.05, 0.1) is 0 Å². The van der Waals surface area contributed by atoms with Crippen LogP contribution in [-0.2, 0) is 0 Å². The highest BCUT2D eigenvalue weighted by Gasteiger charge is 2.53. The lowest BCUT2D eigenvalue weighted by Gasteiger charge is -2.49. The Bertz CT molecular complexity index is 523. The summed E-state index contributed by atoms with van der Waals surface area (Å²) >= 11 is 0. The summed E-state index contributed by atoms with van der Waals surface area (Å²) in [4.78, 5) is 0. The van der Waals surface area contributed by atoms with Crippen molar-refractivity contribution >= 4 is 0 Å². The Morgan fingerprint density at radius 3 is 2.29 bits per heavy atom. The van der Waals surface area contributed by atoms with Crippen LogP contribution in [0.25, 0.3) is 0 Å². The standard InChI is InChI=1S/C23H39N/c1-14-11-16-8-7-15(14)12-19(16)23(5,6)24-20-13-17-9-10-18(20)21(17)22(2,3)4/h8,14-15,17-21,24H,7,9-13H2,1-6H3/t14-,15?,17-,18?,19+,20?,21+/m1/s1. The zero-order valence-electron chi connectivity index (χ0n) is 16.9. The Kier molecular flexibility index (Phi) is 4.00. The molecule has 5 aliphatic rings. The number of fused-ring (bicyclic) bond motifs is 5. The molecule has 5 rings (SSSR count). The maximum absolute atomic E-state index is 4.22. The predicted octanol–water partition coefficient (Wildman–Crippen LogP) is 5.81. The second kappa shape index (κ2) is 5.60. The molecule has 0 aliphatic heterocycles. The van der Waals surface area contributed by atoms with E-state index in [1.54, 1.807) is 5.57 Å². The highest BCUT2D eigenvalue weighted by Crippen LogP contribution is 2.57. The van der Waals surface area contributed by atoms with Crippen LogP contribution in [0.2, 0.25) is 0 Å². The lowest BCUT2D eigenvalue weighted by Crippen LogP contribution is -2.55. The fraction of sp³-hybridized carbons (Fsp3) is 0.913. The van der Waals surface area contributed by atoms with E-state index in [-0.39, 0.29) is 5.54 Å². The van der Waals surface area contributed by atoms with Crippen molar-refractivity contribution < 1.29 is 0 Å². The topological polar surface area (TPSA) is 12.0 Å². The largest absolute Gasteiger partial charge is 0.308 e. The van der Waals surface area contributed by atoms with Gasteiger partial charge in [-0.05, 0) is 93.3 Å². The zero-order chi connectivity index (χ0) is 17.3. The first-order valence-corrected chi connectivity index (χ1v) is 10.6. The first-order chi connectivity index (χ1) is 11.2. The molecule has 3 saturated carbocycles. The zero-order valence-corrected chi connectivity index (χ0v) is 16.9. The van der Waals surface area contributed by atoms with Crippen molar-refractivity contribution in [3.63, 3.8) is 0 Å². The molecule has 5 aliphatic carbocycles. The SMILES string of the molecule is C[C@@H]1CC2=CCC1C[C@@H]2C(C)(C)NC1C[C@H]2CCC1[C@H]2C(C)(C)C. The van der Waals surface area contributed by atoms with Crippen LogP contribution in [0.3, 0.4) is 0 Å². The van der Waals surface area contributed by atoms with Crippen molar-refractivity contribution in [3.8, 4) is 0 Å². The summed E-state index contributed by atoms with van der Waals surface area (Å²) in [5.74, 6) is 5.47. The fourth-order valence-corrected chi connectivity index (χ4v) is 7.41. The minimum absolute atomic E-state index is 0.266. The number of allylic oxidation sites excluding steroid dienone is 1. The highest BCUT2D eigenvalue weighted by molar-refractivity contribution is 5.22. The number of nitrogens with one attached hydrogen (secondary N) is 1. The Morgan fingerprint density at radius 1 is 1.00 bits per heavy atom. The minimum atomic E-state index is 0.266. The van der Waals surface area contributed by atoms with E-state index >= 15 is 0 Å². The second-order valence-corrected chi connectivity index (χ2v) is 11.3. The molecule has 0 spiro atoms. The van der Waals surface area contributed by atoms with Gasteiger partial charge < -0.3 is 5.32 Å². The average Bonchev–Trinajstić information content (AvgIpc) is 3.04. The first-order valence-electron chi connectivity index (χ1n) is 10.6. The number of hydrogen-bond donors (Lipinski definition) is 1. The van der Waals surface area contributed by atoms with E-state index in [9.17, 15) is 0 Å². The van der Waals surface area contributed by atoms with Gasteiger partial charge in [-0.3, -0.25) is 0 Å². The van der Waals surface area contributed by atoms with Gasteiger partial charge in [0.1, 0.15) is 0 Å². The molecule has 0 saturated heterocycles. The van der Waals surface area contributed by atoms with Crippen molar-refractivity contribution in [2.24, 2.45) is 40.9 Å². The lowest BCUT2D eigenvalue weighted by atomic mass is 9.61. The molecular formula is C23H39N. The van der Waals surface area contributed by atoms with Gasteiger partial charge in [0, 0.05) is 11.6 Å². The van der Waals surface area contributed by atoms with Gasteiger partial charge in [0.2, 0.25) is 0 Å². The van der Waals surface area contributed by atoms with E-state index in [0.29, 0.717) is 5.41 Å². The molecule has 136 valence electrons. The summed E-state index contributed by atoms with van der Waals surface area (Å²) in [6.07, 6.45) is 11.1. The van der Waals surface area contributed by atoms with Gasteiger partial charge in [0.25, 0.3) is 0 Å². The van der Waals surface area contributed by atoms with Crippen molar-refractivity contribution in [1.29, 1.82) is 0 Å². The molecule has 0 aromatic carbocycles. The smallest absolute Gasteiger partial charge is 0.0193 e. The van der Waals surface area contributed by atoms with Gasteiger partial charge in [-0.15, -0.1) is 0 Å². The number of rotatable bonds is 3. The molecule has 0 heterocycles. The van der Waals surface area contributed by atoms with Crippen molar-refractivity contribution in [1.82, 2.24) is 5.32 Å². The van der Waals surface area contributed by atoms with E-state index in [2.05, 4.69) is 52.9 Å². The van der Waals surface area contributed by atoms with Gasteiger partial charge in [-0.25, -0.2) is 0 Å². The van der Waals surface area contributed by atoms with Crippen LogP contribution < -0.4 is 5.32 Å². The quantitative estimate of drug-likeness (QED) is 0.644. The molecular weight excluding hydrogens is 290 g/mol. The Morgan fingerprint density at radius 2 is 1.75 bits per heavy atom. The monoisotopic (exact) mass is 329 g/mol. The normalized spacial score (nSPS) is 44.9. The van der Waals surface area contributed by atoms with Crippen LogP contribution in [0.4, 0.5) is 0 Å². The summed E-state index contributed by atoms with van der Waals surface area (Å²) in [5, 5.41) is 4.22. The minimum Gasteiger partial charge on any atom is -0.308 e. The summed E-state index contributed by atoms with van der Waals surface area (Å²) in [7, 11) is 0. The van der Waals surface area contributed by atoms with E-state index < -0.39 is 0 Å². The highest BCUT2D eigenvalue weighted by atomic mass is 15.0. The van der Waals surface area contributed by atoms with E-state index in [1.165, 1.54) is 38.5 Å². The van der Waals surface area contributed by atoms with E-state index in [1.807, 2.05) is 0 Å². The second-order valence-electron chi connectivity index (χ2n) is 11.3. The van der Waals surface area contributed by atoms with Crippen molar-refractivity contribution in [2.45, 2.75) is 91.6 Å². The van der Waals surface area contributed by atoms with E-state index in [0.717, 1.165) is 41.5 Å². The Labute approximate surface area is 150 Å². The lowest BCUT2D eigenvalue weighted by molar-refractivity contribution is 0.125. The third kappa shape index (κ3) is 2.70. The maximum Gasteiger partial charge on any atom is 0.0193 e. The molecule has 0 aromatic heterocycles. The van der Waals surface area contributed by atoms with Crippen LogP contribution >= 0.6 is 0 Å². The molecule has 1 N–H and O–H groups in total. The van der Waals surface area contributed by atoms with Gasteiger partial charge in [-0.1, -0.05) is 39.3 Å². The molecule has 3 unspecified atom stereocenters. The molecule has 1 heteroatoms. The molecule has 0 amide bonds. The molecule has 4 bridgehead atoms. The van der Waals surface area contributed by atoms with Crippen molar-refractivity contribution in [3.05, 3.63) is 11.6 Å². The Balaban J connectivity index is 1.48. The summed E-state index contributed by atoms with van der Waals surface area (Å²) in [5.41, 5.74) is 2.52. The van der Waals surface area contributed by atoms with Crippen LogP contribution in [0.5, 0.6) is 0 Å². The number of hydrogen-bond acceptors (Lipinski definition) is 1. The molecule has 0 radical (unpaired) electrons. The van der Waals surface area contributed by atoms with Crippen molar-refractivity contribution in [2.75, 3.05) is 0 Å². The fourth-order valence-electron chi connectivity index (χ4n) is 7.41. The maximum atomic E-state index is 4.22. The van der Waals surface area contributed by atoms with Gasteiger partial charge >= 0.3 is 0 Å². The third-order valence-corrected chi connectivity index (χ3v) is 8.37. The van der Waals surface area contributed by atoms with Crippen LogP contribution in [0.1, 0.15) is 80.1 Å². The van der Waals surface area contributed by atoms with Gasteiger partial charge in [-0.2, -0.15) is 0 Å². The summed E-state index contributed by atoms with van der Waals surface area (Å²) < 4.78 is 0.